The molecule has 8 heteroatoms. The average molecular weight is 413 g/mol. The van der Waals surface area contributed by atoms with Crippen molar-refractivity contribution in [2.45, 2.75) is 0 Å². The molecule has 146 valence electrons. The van der Waals surface area contributed by atoms with E-state index in [-0.39, 0.29) is 11.5 Å². The molecule has 0 aliphatic rings. The Hall–Kier alpha value is -4.04. The first kappa shape index (κ1) is 18.0. The molecule has 0 aliphatic heterocycles. The number of benzene rings is 3. The Balaban J connectivity index is 1.43. The van der Waals surface area contributed by atoms with Gasteiger partial charge < -0.3 is 10.6 Å². The van der Waals surface area contributed by atoms with E-state index < -0.39 is 0 Å². The van der Waals surface area contributed by atoms with Crippen molar-refractivity contribution in [3.63, 3.8) is 0 Å². The standard InChI is InChI=1S/C22H15N5O2S/c28-19(23-15-8-2-1-3-9-15)14-7-6-10-16(13-14)24-21-26-27-20(29)17-11-4-5-12-18(17)25-22(27)30-21/h1-13H,(H,23,28)(H,24,26). The van der Waals surface area contributed by atoms with Crippen LogP contribution in [0.25, 0.3) is 15.9 Å². The number of rotatable bonds is 4. The van der Waals surface area contributed by atoms with Crippen LogP contribution >= 0.6 is 11.3 Å². The lowest BCUT2D eigenvalue weighted by atomic mass is 10.2. The van der Waals surface area contributed by atoms with Crippen LogP contribution in [0.4, 0.5) is 16.5 Å². The van der Waals surface area contributed by atoms with Crippen molar-refractivity contribution in [3.05, 3.63) is 94.8 Å². The van der Waals surface area contributed by atoms with Crippen LogP contribution in [-0.4, -0.2) is 20.5 Å². The normalized spacial score (nSPS) is 10.9. The maximum atomic E-state index is 12.7. The summed E-state index contributed by atoms with van der Waals surface area (Å²) >= 11 is 1.27. The number of aromatic nitrogens is 3. The highest BCUT2D eigenvalue weighted by Crippen LogP contribution is 2.23. The molecule has 2 N–H and O–H groups in total. The predicted molar refractivity (Wildman–Crippen MR) is 119 cm³/mol. The van der Waals surface area contributed by atoms with Crippen molar-refractivity contribution < 1.29 is 4.79 Å². The number of nitrogens with zero attached hydrogens (tertiary/aromatic N) is 3. The van der Waals surface area contributed by atoms with E-state index in [1.54, 1.807) is 36.4 Å². The topological polar surface area (TPSA) is 88.4 Å². The van der Waals surface area contributed by atoms with E-state index in [4.69, 9.17) is 0 Å². The summed E-state index contributed by atoms with van der Waals surface area (Å²) in [6.07, 6.45) is 0. The maximum Gasteiger partial charge on any atom is 0.283 e. The number of amides is 1. The monoisotopic (exact) mass is 413 g/mol. The second-order valence-electron chi connectivity index (χ2n) is 6.56. The number of carbonyl (C=O) groups is 1. The van der Waals surface area contributed by atoms with Gasteiger partial charge in [-0.2, -0.15) is 4.52 Å². The summed E-state index contributed by atoms with van der Waals surface area (Å²) in [6.45, 7) is 0. The second-order valence-corrected chi connectivity index (χ2v) is 7.52. The van der Waals surface area contributed by atoms with Crippen LogP contribution in [0.3, 0.4) is 0 Å². The van der Waals surface area contributed by atoms with Gasteiger partial charge in [0.2, 0.25) is 10.1 Å². The lowest BCUT2D eigenvalue weighted by molar-refractivity contribution is 0.102. The molecule has 3 aromatic carbocycles. The van der Waals surface area contributed by atoms with E-state index in [1.165, 1.54) is 15.9 Å². The van der Waals surface area contributed by atoms with Gasteiger partial charge in [-0.25, -0.2) is 4.98 Å². The molecule has 7 nitrogen and oxygen atoms in total. The van der Waals surface area contributed by atoms with Crippen LogP contribution in [0.2, 0.25) is 0 Å². The molecule has 2 heterocycles. The Morgan fingerprint density at radius 3 is 2.53 bits per heavy atom. The Morgan fingerprint density at radius 2 is 1.67 bits per heavy atom. The van der Waals surface area contributed by atoms with Gasteiger partial charge >= 0.3 is 0 Å². The van der Waals surface area contributed by atoms with E-state index in [0.717, 1.165) is 5.69 Å². The Kier molecular flexibility index (Phi) is 4.45. The predicted octanol–water partition coefficient (Wildman–Crippen LogP) is 4.30. The third-order valence-electron chi connectivity index (χ3n) is 4.51. The summed E-state index contributed by atoms with van der Waals surface area (Å²) < 4.78 is 1.29. The van der Waals surface area contributed by atoms with Gasteiger partial charge in [0.25, 0.3) is 11.5 Å². The third kappa shape index (κ3) is 3.40. The summed E-state index contributed by atoms with van der Waals surface area (Å²) in [7, 11) is 0. The lowest BCUT2D eigenvalue weighted by Gasteiger charge is -2.07. The number of anilines is 3. The molecule has 30 heavy (non-hydrogen) atoms. The molecular formula is C22H15N5O2S. The first-order chi connectivity index (χ1) is 14.7. The van der Waals surface area contributed by atoms with Crippen molar-refractivity contribution in [2.75, 3.05) is 10.6 Å². The zero-order chi connectivity index (χ0) is 20.5. The van der Waals surface area contributed by atoms with Gasteiger partial charge in [0.15, 0.2) is 0 Å². The molecule has 2 aromatic heterocycles. The Labute approximate surface area is 174 Å². The number of hydrogen-bond donors (Lipinski definition) is 2. The first-order valence-corrected chi connectivity index (χ1v) is 10.0. The van der Waals surface area contributed by atoms with Gasteiger partial charge in [-0.1, -0.05) is 47.7 Å². The molecule has 0 radical (unpaired) electrons. The summed E-state index contributed by atoms with van der Waals surface area (Å²) in [5.74, 6) is -0.210. The molecule has 0 aliphatic carbocycles. The Morgan fingerprint density at radius 1 is 0.900 bits per heavy atom. The highest BCUT2D eigenvalue weighted by atomic mass is 32.1. The van der Waals surface area contributed by atoms with Crippen molar-refractivity contribution >= 4 is 49.6 Å². The van der Waals surface area contributed by atoms with Gasteiger partial charge in [0.1, 0.15) is 0 Å². The van der Waals surface area contributed by atoms with E-state index in [0.29, 0.717) is 32.2 Å². The van der Waals surface area contributed by atoms with Crippen LogP contribution in [0.5, 0.6) is 0 Å². The minimum Gasteiger partial charge on any atom is -0.330 e. The van der Waals surface area contributed by atoms with Crippen molar-refractivity contribution in [2.24, 2.45) is 0 Å². The summed E-state index contributed by atoms with van der Waals surface area (Å²) in [5.41, 5.74) is 2.34. The average Bonchev–Trinajstić information content (AvgIpc) is 3.17. The molecule has 5 aromatic rings. The third-order valence-corrected chi connectivity index (χ3v) is 5.33. The highest BCUT2D eigenvalue weighted by molar-refractivity contribution is 7.20. The molecule has 1 amide bonds. The van der Waals surface area contributed by atoms with Crippen LogP contribution < -0.4 is 16.2 Å². The fraction of sp³-hybridized carbons (Fsp3) is 0. The molecule has 0 atom stereocenters. The Bertz CT molecular complexity index is 1440. The van der Waals surface area contributed by atoms with E-state index >= 15 is 0 Å². The van der Waals surface area contributed by atoms with Crippen molar-refractivity contribution in [3.8, 4) is 0 Å². The molecular weight excluding hydrogens is 398 g/mol. The van der Waals surface area contributed by atoms with Crippen molar-refractivity contribution in [1.29, 1.82) is 0 Å². The molecule has 0 saturated heterocycles. The molecule has 0 fully saturated rings. The number of fused-ring (bicyclic) bond motifs is 2. The maximum absolute atomic E-state index is 12.7. The second kappa shape index (κ2) is 7.41. The number of nitrogens with one attached hydrogen (secondary N) is 2. The van der Waals surface area contributed by atoms with Gasteiger partial charge in [0.05, 0.1) is 10.9 Å². The SMILES string of the molecule is O=C(Nc1ccccc1)c1cccc(Nc2nn3c(=O)c4ccccc4nc3s2)c1. The van der Waals surface area contributed by atoms with Gasteiger partial charge in [-0.15, -0.1) is 5.10 Å². The zero-order valence-electron chi connectivity index (χ0n) is 15.6. The minimum absolute atomic E-state index is 0.210. The smallest absolute Gasteiger partial charge is 0.283 e. The quantitative estimate of drug-likeness (QED) is 0.459. The summed E-state index contributed by atoms with van der Waals surface area (Å²) in [6, 6.07) is 23.5. The van der Waals surface area contributed by atoms with Crippen LogP contribution in [0, 0.1) is 0 Å². The number of para-hydroxylation sites is 2. The van der Waals surface area contributed by atoms with Crippen LogP contribution in [0.15, 0.2) is 83.7 Å². The highest BCUT2D eigenvalue weighted by Gasteiger charge is 2.12. The molecule has 0 saturated carbocycles. The largest absolute Gasteiger partial charge is 0.330 e. The fourth-order valence-corrected chi connectivity index (χ4v) is 3.91. The van der Waals surface area contributed by atoms with E-state index in [1.807, 2.05) is 42.5 Å². The summed E-state index contributed by atoms with van der Waals surface area (Å²) in [4.78, 5) is 30.2. The van der Waals surface area contributed by atoms with Gasteiger partial charge in [0, 0.05) is 16.9 Å². The van der Waals surface area contributed by atoms with E-state index in [2.05, 4.69) is 20.7 Å². The van der Waals surface area contributed by atoms with Crippen LogP contribution in [-0.2, 0) is 0 Å². The molecule has 0 unspecified atom stereocenters. The zero-order valence-corrected chi connectivity index (χ0v) is 16.4. The van der Waals surface area contributed by atoms with Gasteiger partial charge in [-0.05, 0) is 42.5 Å². The van der Waals surface area contributed by atoms with Crippen molar-refractivity contribution in [1.82, 2.24) is 14.6 Å². The number of carbonyl (C=O) groups excluding carboxylic acids is 1. The molecule has 5 rings (SSSR count). The minimum atomic E-state index is -0.212. The molecule has 0 bridgehead atoms. The lowest BCUT2D eigenvalue weighted by Crippen LogP contribution is -2.15. The first-order valence-electron chi connectivity index (χ1n) is 9.19. The number of hydrogen-bond acceptors (Lipinski definition) is 6. The van der Waals surface area contributed by atoms with Crippen LogP contribution in [0.1, 0.15) is 10.4 Å². The summed E-state index contributed by atoms with van der Waals surface area (Å²) in [5, 5.41) is 11.4. The molecule has 0 spiro atoms. The van der Waals surface area contributed by atoms with Gasteiger partial charge in [-0.3, -0.25) is 9.59 Å². The van der Waals surface area contributed by atoms with E-state index in [9.17, 15) is 9.59 Å². The fourth-order valence-electron chi connectivity index (χ4n) is 3.09.